The monoisotopic (exact) mass is 392 g/mol. The molecule has 0 spiro atoms. The first kappa shape index (κ1) is 21.1. The van der Waals surface area contributed by atoms with Crippen molar-refractivity contribution in [3.8, 4) is 0 Å². The zero-order valence-corrected chi connectivity index (χ0v) is 16.6. The van der Waals surface area contributed by atoms with Crippen LogP contribution in [0.25, 0.3) is 0 Å². The Morgan fingerprint density at radius 1 is 1.07 bits per heavy atom. The van der Waals surface area contributed by atoms with E-state index in [9.17, 15) is 17.6 Å². The molecule has 0 aromatic heterocycles. The van der Waals surface area contributed by atoms with E-state index in [1.807, 2.05) is 0 Å². The standard InChI is InChI=1S/C20H25FN2O3S/c1-4-23(5-2)27(25,26)18-11-7-16(8-12-18)9-13-20(24)22-17-10-6-15(3)19(21)14-17/h6-8,10-12,14H,4-5,9,13H2,1-3H3,(H,22,24). The minimum Gasteiger partial charge on any atom is -0.326 e. The second-order valence-electron chi connectivity index (χ2n) is 6.25. The van der Waals surface area contributed by atoms with Crippen molar-refractivity contribution in [3.63, 3.8) is 0 Å². The quantitative estimate of drug-likeness (QED) is 0.744. The van der Waals surface area contributed by atoms with Gasteiger partial charge in [0, 0.05) is 25.2 Å². The lowest BCUT2D eigenvalue weighted by Gasteiger charge is -2.18. The number of benzene rings is 2. The molecule has 0 aliphatic rings. The van der Waals surface area contributed by atoms with Crippen molar-refractivity contribution < 1.29 is 17.6 Å². The van der Waals surface area contributed by atoms with Crippen molar-refractivity contribution in [3.05, 3.63) is 59.4 Å². The summed E-state index contributed by atoms with van der Waals surface area (Å²) in [5.74, 6) is -0.587. The summed E-state index contributed by atoms with van der Waals surface area (Å²) in [6.07, 6.45) is 0.684. The third-order valence-corrected chi connectivity index (χ3v) is 6.43. The number of aryl methyl sites for hydroxylation is 2. The van der Waals surface area contributed by atoms with Gasteiger partial charge in [0.2, 0.25) is 15.9 Å². The van der Waals surface area contributed by atoms with Crippen LogP contribution >= 0.6 is 0 Å². The number of hydrogen-bond donors (Lipinski definition) is 1. The Labute approximate surface area is 160 Å². The van der Waals surface area contributed by atoms with Gasteiger partial charge >= 0.3 is 0 Å². The Morgan fingerprint density at radius 3 is 2.26 bits per heavy atom. The van der Waals surface area contributed by atoms with Crippen LogP contribution in [-0.4, -0.2) is 31.7 Å². The number of hydrogen-bond acceptors (Lipinski definition) is 3. The van der Waals surface area contributed by atoms with E-state index in [1.54, 1.807) is 57.2 Å². The lowest BCUT2D eigenvalue weighted by atomic mass is 10.1. The highest BCUT2D eigenvalue weighted by molar-refractivity contribution is 7.89. The Balaban J connectivity index is 1.96. The fourth-order valence-electron chi connectivity index (χ4n) is 2.69. The number of halogens is 1. The first-order valence-corrected chi connectivity index (χ1v) is 10.4. The number of anilines is 1. The average molecular weight is 392 g/mol. The molecular weight excluding hydrogens is 367 g/mol. The third-order valence-electron chi connectivity index (χ3n) is 4.36. The molecule has 1 amide bonds. The van der Waals surface area contributed by atoms with Crippen molar-refractivity contribution >= 4 is 21.6 Å². The van der Waals surface area contributed by atoms with Gasteiger partial charge in [0.1, 0.15) is 5.82 Å². The molecule has 0 saturated heterocycles. The van der Waals surface area contributed by atoms with Crippen LogP contribution < -0.4 is 5.32 Å². The largest absolute Gasteiger partial charge is 0.326 e. The van der Waals surface area contributed by atoms with E-state index >= 15 is 0 Å². The lowest BCUT2D eigenvalue weighted by Crippen LogP contribution is -2.30. The zero-order chi connectivity index (χ0) is 20.0. The van der Waals surface area contributed by atoms with Crippen molar-refractivity contribution in [1.29, 1.82) is 0 Å². The molecule has 27 heavy (non-hydrogen) atoms. The van der Waals surface area contributed by atoms with Gasteiger partial charge in [0.15, 0.2) is 0 Å². The molecule has 0 radical (unpaired) electrons. The van der Waals surface area contributed by atoms with E-state index in [1.165, 1.54) is 10.4 Å². The first-order chi connectivity index (χ1) is 12.8. The molecule has 0 saturated carbocycles. The molecule has 2 aromatic rings. The van der Waals surface area contributed by atoms with Crippen molar-refractivity contribution in [2.75, 3.05) is 18.4 Å². The molecule has 0 heterocycles. The average Bonchev–Trinajstić information content (AvgIpc) is 2.64. The fraction of sp³-hybridized carbons (Fsp3) is 0.350. The van der Waals surface area contributed by atoms with Crippen LogP contribution in [-0.2, 0) is 21.2 Å². The second kappa shape index (κ2) is 9.10. The van der Waals surface area contributed by atoms with Gasteiger partial charge in [-0.15, -0.1) is 0 Å². The molecule has 2 aromatic carbocycles. The van der Waals surface area contributed by atoms with Crippen molar-refractivity contribution in [1.82, 2.24) is 4.31 Å². The summed E-state index contributed by atoms with van der Waals surface area (Å²) in [5.41, 5.74) is 1.80. The van der Waals surface area contributed by atoms with E-state index in [4.69, 9.17) is 0 Å². The summed E-state index contributed by atoms with van der Waals surface area (Å²) in [7, 11) is -3.48. The number of nitrogens with zero attached hydrogens (tertiary/aromatic N) is 1. The van der Waals surface area contributed by atoms with Gasteiger partial charge in [-0.25, -0.2) is 12.8 Å². The van der Waals surface area contributed by atoms with E-state index < -0.39 is 10.0 Å². The zero-order valence-electron chi connectivity index (χ0n) is 15.8. The van der Waals surface area contributed by atoms with E-state index in [2.05, 4.69) is 5.32 Å². The molecule has 7 heteroatoms. The second-order valence-corrected chi connectivity index (χ2v) is 8.18. The minimum atomic E-state index is -3.48. The molecule has 0 aliphatic heterocycles. The molecule has 1 N–H and O–H groups in total. The fourth-order valence-corrected chi connectivity index (χ4v) is 4.15. The van der Waals surface area contributed by atoms with Gasteiger partial charge in [-0.05, 0) is 48.7 Å². The number of nitrogens with one attached hydrogen (secondary N) is 1. The first-order valence-electron chi connectivity index (χ1n) is 8.93. The lowest BCUT2D eigenvalue weighted by molar-refractivity contribution is -0.116. The summed E-state index contributed by atoms with van der Waals surface area (Å²) < 4.78 is 39.8. The summed E-state index contributed by atoms with van der Waals surface area (Å²) in [6.45, 7) is 6.09. The molecule has 0 bridgehead atoms. The predicted molar refractivity (Wildman–Crippen MR) is 105 cm³/mol. The van der Waals surface area contributed by atoms with Crippen LogP contribution in [0.4, 0.5) is 10.1 Å². The van der Waals surface area contributed by atoms with Crippen molar-refractivity contribution in [2.24, 2.45) is 0 Å². The minimum absolute atomic E-state index is 0.220. The topological polar surface area (TPSA) is 66.5 Å². The van der Waals surface area contributed by atoms with E-state index in [-0.39, 0.29) is 23.0 Å². The highest BCUT2D eigenvalue weighted by atomic mass is 32.2. The molecular formula is C20H25FN2O3S. The van der Waals surface area contributed by atoms with Gasteiger partial charge in [0.05, 0.1) is 4.90 Å². The van der Waals surface area contributed by atoms with Gasteiger partial charge in [-0.3, -0.25) is 4.79 Å². The number of amides is 1. The molecule has 0 atom stereocenters. The SMILES string of the molecule is CCN(CC)S(=O)(=O)c1ccc(CCC(=O)Nc2ccc(C)c(F)c2)cc1. The summed E-state index contributed by atoms with van der Waals surface area (Å²) in [6, 6.07) is 11.1. The van der Waals surface area contributed by atoms with E-state index in [0.717, 1.165) is 5.56 Å². The van der Waals surface area contributed by atoms with Gasteiger partial charge < -0.3 is 5.32 Å². The Kier molecular flexibility index (Phi) is 7.10. The summed E-state index contributed by atoms with van der Waals surface area (Å²) >= 11 is 0. The maximum atomic E-state index is 13.5. The Hall–Kier alpha value is -2.25. The molecule has 146 valence electrons. The molecule has 2 rings (SSSR count). The summed E-state index contributed by atoms with van der Waals surface area (Å²) in [5, 5.41) is 2.66. The van der Waals surface area contributed by atoms with Gasteiger partial charge in [0.25, 0.3) is 0 Å². The van der Waals surface area contributed by atoms with E-state index in [0.29, 0.717) is 30.8 Å². The molecule has 5 nitrogen and oxygen atoms in total. The highest BCUT2D eigenvalue weighted by Gasteiger charge is 2.21. The number of rotatable bonds is 8. The Morgan fingerprint density at radius 2 is 1.70 bits per heavy atom. The molecule has 0 unspecified atom stereocenters. The Bertz CT molecular complexity index is 892. The van der Waals surface area contributed by atoms with Crippen LogP contribution in [0, 0.1) is 12.7 Å². The highest BCUT2D eigenvalue weighted by Crippen LogP contribution is 2.17. The van der Waals surface area contributed by atoms with Crippen molar-refractivity contribution in [2.45, 2.75) is 38.5 Å². The van der Waals surface area contributed by atoms with Crippen LogP contribution in [0.2, 0.25) is 0 Å². The number of sulfonamides is 1. The predicted octanol–water partition coefficient (Wildman–Crippen LogP) is 3.74. The molecule has 0 aliphatic carbocycles. The van der Waals surface area contributed by atoms with Gasteiger partial charge in [-0.1, -0.05) is 32.0 Å². The van der Waals surface area contributed by atoms with Crippen LogP contribution in [0.5, 0.6) is 0 Å². The number of carbonyl (C=O) groups excluding carboxylic acids is 1. The van der Waals surface area contributed by atoms with Crippen LogP contribution in [0.3, 0.4) is 0 Å². The number of carbonyl (C=O) groups is 1. The summed E-state index contributed by atoms with van der Waals surface area (Å²) in [4.78, 5) is 12.3. The normalized spacial score (nSPS) is 11.6. The smallest absolute Gasteiger partial charge is 0.243 e. The third kappa shape index (κ3) is 5.37. The molecule has 0 fully saturated rings. The maximum absolute atomic E-state index is 13.5. The van der Waals surface area contributed by atoms with Crippen LogP contribution in [0.1, 0.15) is 31.4 Å². The maximum Gasteiger partial charge on any atom is 0.243 e. The van der Waals surface area contributed by atoms with Crippen LogP contribution in [0.15, 0.2) is 47.4 Å². The van der Waals surface area contributed by atoms with Gasteiger partial charge in [-0.2, -0.15) is 4.31 Å².